The molecule has 2 aromatic carbocycles. The lowest BCUT2D eigenvalue weighted by Crippen LogP contribution is -2.13. The number of aromatic nitrogens is 2. The van der Waals surface area contributed by atoms with E-state index in [0.29, 0.717) is 10.0 Å². The zero-order valence-electron chi connectivity index (χ0n) is 15.1. The molecule has 154 valence electrons. The van der Waals surface area contributed by atoms with Crippen LogP contribution in [0.15, 0.2) is 66.1 Å². The van der Waals surface area contributed by atoms with Gasteiger partial charge in [0, 0.05) is 34.1 Å². The zero-order valence-corrected chi connectivity index (χ0v) is 17.4. The molecule has 0 spiro atoms. The van der Waals surface area contributed by atoms with Crippen LogP contribution in [0.2, 0.25) is 10.0 Å². The first kappa shape index (κ1) is 23.0. The molecule has 1 heterocycles. The summed E-state index contributed by atoms with van der Waals surface area (Å²) in [5.41, 5.74) is 1.12. The summed E-state index contributed by atoms with van der Waals surface area (Å²) >= 11 is 14.1. The topological polar surface area (TPSA) is 81.2 Å². The van der Waals surface area contributed by atoms with E-state index in [-0.39, 0.29) is 11.1 Å². The number of benzene rings is 2. The number of thioether (sulfide) groups is 1. The van der Waals surface area contributed by atoms with Gasteiger partial charge in [0.2, 0.25) is 0 Å². The second-order valence-corrected chi connectivity index (χ2v) is 8.16. The molecule has 1 unspecified atom stereocenters. The number of rotatable bonds is 7. The first-order chi connectivity index (χ1) is 13.8. The molecule has 0 aliphatic carbocycles. The van der Waals surface area contributed by atoms with Gasteiger partial charge >= 0.3 is 0 Å². The van der Waals surface area contributed by atoms with Crippen LogP contribution in [0.3, 0.4) is 0 Å². The Labute approximate surface area is 181 Å². The van der Waals surface area contributed by atoms with Crippen LogP contribution in [0.5, 0.6) is 0 Å². The molecular formula is C19H18Cl2FN3O3S. The molecule has 0 fully saturated rings. The van der Waals surface area contributed by atoms with Crippen molar-refractivity contribution in [3.8, 4) is 0 Å². The fourth-order valence-corrected chi connectivity index (χ4v) is 4.25. The van der Waals surface area contributed by atoms with Gasteiger partial charge in [-0.25, -0.2) is 9.37 Å². The predicted octanol–water partition coefficient (Wildman–Crippen LogP) is 5.78. The Kier molecular flexibility index (Phi) is 9.24. The highest BCUT2D eigenvalue weighted by Crippen LogP contribution is 2.35. The van der Waals surface area contributed by atoms with Crippen molar-refractivity contribution in [3.63, 3.8) is 0 Å². The largest absolute Gasteiger partial charge is 0.336 e. The van der Waals surface area contributed by atoms with Crippen LogP contribution in [0, 0.1) is 15.9 Å². The molecule has 1 N–H and O–H groups in total. The maximum Gasteiger partial charge on any atom is 0.291 e. The van der Waals surface area contributed by atoms with Crippen LogP contribution in [-0.2, 0) is 13.0 Å². The summed E-state index contributed by atoms with van der Waals surface area (Å²) in [5.74, 6) is -0.209. The van der Waals surface area contributed by atoms with E-state index in [1.54, 1.807) is 24.0 Å². The van der Waals surface area contributed by atoms with E-state index < -0.39 is 5.09 Å². The molecule has 0 aliphatic heterocycles. The Hall–Kier alpha value is -2.29. The molecule has 3 aromatic rings. The van der Waals surface area contributed by atoms with Gasteiger partial charge in [-0.1, -0.05) is 35.3 Å². The number of nitrogens with zero attached hydrogens (tertiary/aromatic N) is 3. The van der Waals surface area contributed by atoms with Crippen molar-refractivity contribution in [1.82, 2.24) is 9.55 Å². The maximum absolute atomic E-state index is 13.1. The number of hydrogen-bond acceptors (Lipinski definition) is 4. The molecule has 0 amide bonds. The van der Waals surface area contributed by atoms with Gasteiger partial charge in [-0.2, -0.15) is 0 Å². The fraction of sp³-hybridized carbons (Fsp3) is 0.211. The number of hydrogen-bond donors (Lipinski definition) is 1. The quantitative estimate of drug-likeness (QED) is 0.276. The lowest BCUT2D eigenvalue weighted by molar-refractivity contribution is -0.742. The summed E-state index contributed by atoms with van der Waals surface area (Å²) in [6.45, 7) is 0.814. The first-order valence-electron chi connectivity index (χ1n) is 8.48. The lowest BCUT2D eigenvalue weighted by Gasteiger charge is -2.18. The zero-order chi connectivity index (χ0) is 21.2. The van der Waals surface area contributed by atoms with Crippen molar-refractivity contribution in [2.45, 2.75) is 29.5 Å². The van der Waals surface area contributed by atoms with Gasteiger partial charge in [-0.15, -0.1) is 21.9 Å². The Bertz CT molecular complexity index is 908. The average molecular weight is 458 g/mol. The summed E-state index contributed by atoms with van der Waals surface area (Å²) in [7, 11) is 0. The SMILES string of the molecule is Fc1ccc(CCC(Cn2ccnc2)Sc2cc(Cl)ccc2Cl)cc1.O=[N+]([O-])O. The van der Waals surface area contributed by atoms with Crippen molar-refractivity contribution >= 4 is 35.0 Å². The van der Waals surface area contributed by atoms with Gasteiger partial charge in [0.15, 0.2) is 0 Å². The molecule has 0 radical (unpaired) electrons. The lowest BCUT2D eigenvalue weighted by atomic mass is 10.1. The molecule has 0 saturated carbocycles. The smallest absolute Gasteiger partial charge is 0.291 e. The highest BCUT2D eigenvalue weighted by Gasteiger charge is 2.14. The Morgan fingerprint density at radius 1 is 1.24 bits per heavy atom. The van der Waals surface area contributed by atoms with Gasteiger partial charge in [-0.3, -0.25) is 0 Å². The Morgan fingerprint density at radius 2 is 1.93 bits per heavy atom. The van der Waals surface area contributed by atoms with Gasteiger partial charge in [0.25, 0.3) is 5.09 Å². The van der Waals surface area contributed by atoms with E-state index in [1.165, 1.54) is 12.1 Å². The van der Waals surface area contributed by atoms with E-state index in [2.05, 4.69) is 9.55 Å². The van der Waals surface area contributed by atoms with E-state index in [4.69, 9.17) is 38.5 Å². The van der Waals surface area contributed by atoms with Crippen molar-refractivity contribution < 1.29 is 14.7 Å². The monoisotopic (exact) mass is 457 g/mol. The van der Waals surface area contributed by atoms with Crippen LogP contribution < -0.4 is 0 Å². The van der Waals surface area contributed by atoms with Crippen LogP contribution >= 0.6 is 35.0 Å². The minimum Gasteiger partial charge on any atom is -0.336 e. The minimum atomic E-state index is -1.50. The normalized spacial score (nSPS) is 11.4. The fourth-order valence-electron chi connectivity index (χ4n) is 2.54. The van der Waals surface area contributed by atoms with Crippen LogP contribution in [0.25, 0.3) is 0 Å². The van der Waals surface area contributed by atoms with Crippen LogP contribution in [0.4, 0.5) is 4.39 Å². The summed E-state index contributed by atoms with van der Waals surface area (Å²) < 4.78 is 15.1. The second kappa shape index (κ2) is 11.6. The summed E-state index contributed by atoms with van der Waals surface area (Å²) in [5, 5.41) is 15.3. The molecule has 6 nitrogen and oxygen atoms in total. The minimum absolute atomic E-state index is 0.209. The standard InChI is InChI=1S/C19H17Cl2FN2S.HNO3/c20-15-4-8-18(21)19(11-15)25-17(12-24-10-9-23-13-24)7-3-14-1-5-16(22)6-2-14;2-1(3)4/h1-2,4-6,8-11,13,17H,3,7,12H2;(H,2,3,4). The molecule has 10 heteroatoms. The third-order valence-electron chi connectivity index (χ3n) is 3.83. The Morgan fingerprint density at radius 3 is 2.55 bits per heavy atom. The van der Waals surface area contributed by atoms with Crippen molar-refractivity contribution in [3.05, 3.63) is 92.7 Å². The summed E-state index contributed by atoms with van der Waals surface area (Å²) in [6.07, 6.45) is 7.33. The molecule has 1 atom stereocenters. The van der Waals surface area contributed by atoms with Gasteiger partial charge < -0.3 is 9.77 Å². The molecular weight excluding hydrogens is 440 g/mol. The van der Waals surface area contributed by atoms with Gasteiger partial charge in [0.05, 0.1) is 11.3 Å². The molecule has 1 aromatic heterocycles. The summed E-state index contributed by atoms with van der Waals surface area (Å²) in [6, 6.07) is 12.2. The molecule has 0 aliphatic rings. The predicted molar refractivity (Wildman–Crippen MR) is 112 cm³/mol. The van der Waals surface area contributed by atoms with Crippen LogP contribution in [-0.4, -0.2) is 25.1 Å². The first-order valence-corrected chi connectivity index (χ1v) is 10.1. The van der Waals surface area contributed by atoms with Crippen molar-refractivity contribution in [2.75, 3.05) is 0 Å². The number of halogens is 3. The maximum atomic E-state index is 13.1. The third-order valence-corrected chi connectivity index (χ3v) is 5.82. The average Bonchev–Trinajstić information content (AvgIpc) is 3.16. The second-order valence-electron chi connectivity index (χ2n) is 5.98. The van der Waals surface area contributed by atoms with E-state index in [1.807, 2.05) is 36.8 Å². The molecule has 29 heavy (non-hydrogen) atoms. The summed E-state index contributed by atoms with van der Waals surface area (Å²) in [4.78, 5) is 13.4. The van der Waals surface area contributed by atoms with Crippen LogP contribution in [0.1, 0.15) is 12.0 Å². The van der Waals surface area contributed by atoms with Gasteiger partial charge in [0.1, 0.15) is 5.82 Å². The van der Waals surface area contributed by atoms with Crippen molar-refractivity contribution in [2.24, 2.45) is 0 Å². The van der Waals surface area contributed by atoms with Gasteiger partial charge in [-0.05, 0) is 48.7 Å². The number of imidazole rings is 1. The number of aryl methyl sites for hydroxylation is 1. The molecule has 0 saturated heterocycles. The van der Waals surface area contributed by atoms with Crippen molar-refractivity contribution in [1.29, 1.82) is 0 Å². The molecule has 3 rings (SSSR count). The van der Waals surface area contributed by atoms with E-state index in [9.17, 15) is 4.39 Å². The van der Waals surface area contributed by atoms with E-state index in [0.717, 1.165) is 29.8 Å². The Balaban J connectivity index is 0.000000687. The third kappa shape index (κ3) is 8.72. The van der Waals surface area contributed by atoms with E-state index >= 15 is 0 Å². The highest BCUT2D eigenvalue weighted by molar-refractivity contribution is 8.00. The molecule has 0 bridgehead atoms. The highest BCUT2D eigenvalue weighted by atomic mass is 35.5.